The molecule has 5 nitrogen and oxygen atoms in total. The van der Waals surface area contributed by atoms with Crippen LogP contribution in [0.4, 0.5) is 8.78 Å². The van der Waals surface area contributed by atoms with Crippen LogP contribution in [0.3, 0.4) is 0 Å². The summed E-state index contributed by atoms with van der Waals surface area (Å²) in [6.07, 6.45) is 0.278. The van der Waals surface area contributed by atoms with Gasteiger partial charge in [-0.2, -0.15) is 0 Å². The number of carbonyl (C=O) groups is 2. The second-order valence-corrected chi connectivity index (χ2v) is 12.0. The van der Waals surface area contributed by atoms with E-state index in [-0.39, 0.29) is 36.0 Å². The third-order valence-electron chi connectivity index (χ3n) is 6.06. The predicted molar refractivity (Wildman–Crippen MR) is 147 cm³/mol. The van der Waals surface area contributed by atoms with Crippen molar-refractivity contribution < 1.29 is 28.2 Å². The van der Waals surface area contributed by atoms with Crippen molar-refractivity contribution in [3.63, 3.8) is 0 Å². The maximum Gasteiger partial charge on any atom is 0.305 e. The van der Waals surface area contributed by atoms with E-state index < -0.39 is 11.9 Å². The number of ether oxygens (including phenoxy) is 1. The second-order valence-electron chi connectivity index (χ2n) is 10.9. The zero-order chi connectivity index (χ0) is 28.3. The van der Waals surface area contributed by atoms with Crippen LogP contribution in [0, 0.1) is 19.3 Å². The van der Waals surface area contributed by atoms with E-state index >= 15 is 0 Å². The van der Waals surface area contributed by atoms with Gasteiger partial charge in [-0.25, -0.2) is 8.78 Å². The first-order valence-corrected chi connectivity index (χ1v) is 13.3. The van der Waals surface area contributed by atoms with Gasteiger partial charge in [0.15, 0.2) is 0 Å². The number of halogens is 2. The van der Waals surface area contributed by atoms with Crippen molar-refractivity contribution in [3.8, 4) is 16.9 Å². The molecule has 0 bridgehead atoms. The lowest BCUT2D eigenvalue weighted by Crippen LogP contribution is -2.25. The predicted octanol–water partition coefficient (Wildman–Crippen LogP) is 7.90. The number of carbonyl (C=O) groups excluding carboxylic acids is 1. The zero-order valence-corrected chi connectivity index (χ0v) is 23.5. The molecule has 1 aromatic heterocycles. The number of thiophene rings is 1. The van der Waals surface area contributed by atoms with Crippen LogP contribution in [0.5, 0.6) is 5.75 Å². The van der Waals surface area contributed by atoms with Crippen molar-refractivity contribution >= 4 is 23.2 Å². The normalized spacial score (nSPS) is 12.7. The minimum Gasteiger partial charge on any atom is -0.485 e. The maximum atomic E-state index is 13.6. The number of aliphatic carboxylic acids is 1. The highest BCUT2D eigenvalue weighted by molar-refractivity contribution is 7.14. The molecule has 3 aromatic rings. The molecule has 0 aliphatic heterocycles. The molecule has 0 fully saturated rings. The van der Waals surface area contributed by atoms with Crippen LogP contribution in [0.2, 0.25) is 0 Å². The van der Waals surface area contributed by atoms with Crippen molar-refractivity contribution in [1.29, 1.82) is 0 Å². The van der Waals surface area contributed by atoms with Crippen LogP contribution >= 0.6 is 11.3 Å². The lowest BCUT2D eigenvalue weighted by atomic mass is 9.88. The number of benzene rings is 2. The highest BCUT2D eigenvalue weighted by Crippen LogP contribution is 2.39. The molecule has 8 heteroatoms. The Kier molecular flexibility index (Phi) is 8.97. The van der Waals surface area contributed by atoms with Gasteiger partial charge in [0.25, 0.3) is 11.8 Å². The molecular weight excluding hydrogens is 508 g/mol. The molecule has 0 saturated heterocycles. The average molecular weight is 544 g/mol. The first-order valence-electron chi connectivity index (χ1n) is 12.5. The van der Waals surface area contributed by atoms with Gasteiger partial charge in [-0.15, -0.1) is 11.3 Å². The van der Waals surface area contributed by atoms with E-state index in [0.29, 0.717) is 17.0 Å². The lowest BCUT2D eigenvalue weighted by molar-refractivity contribution is -0.136. The second kappa shape index (κ2) is 11.6. The van der Waals surface area contributed by atoms with Crippen LogP contribution in [0.15, 0.2) is 48.5 Å². The number of amides is 1. The van der Waals surface area contributed by atoms with E-state index in [1.54, 1.807) is 18.2 Å². The molecule has 0 aliphatic rings. The Balaban J connectivity index is 1.85. The van der Waals surface area contributed by atoms with E-state index in [4.69, 9.17) is 9.84 Å². The highest BCUT2D eigenvalue weighted by atomic mass is 32.1. The van der Waals surface area contributed by atoms with E-state index in [1.165, 1.54) is 23.5 Å². The van der Waals surface area contributed by atoms with Crippen molar-refractivity contribution in [3.05, 3.63) is 75.0 Å². The molecule has 0 spiro atoms. The quantitative estimate of drug-likeness (QED) is 0.272. The summed E-state index contributed by atoms with van der Waals surface area (Å²) in [6, 6.07) is 13.9. The highest BCUT2D eigenvalue weighted by Gasteiger charge is 2.26. The maximum absolute atomic E-state index is 13.6. The van der Waals surface area contributed by atoms with Crippen LogP contribution < -0.4 is 10.1 Å². The lowest BCUT2D eigenvalue weighted by Gasteiger charge is -2.27. The van der Waals surface area contributed by atoms with Crippen LogP contribution in [-0.2, 0) is 10.7 Å². The fourth-order valence-corrected chi connectivity index (χ4v) is 5.27. The number of carboxylic acids is 1. The number of aryl methyl sites for hydroxylation is 2. The molecule has 1 atom stereocenters. The fourth-order valence-electron chi connectivity index (χ4n) is 4.32. The summed E-state index contributed by atoms with van der Waals surface area (Å²) in [5.41, 5.74) is 3.71. The summed E-state index contributed by atoms with van der Waals surface area (Å²) in [7, 11) is 0. The molecule has 2 N–H and O–H groups in total. The van der Waals surface area contributed by atoms with E-state index in [1.807, 2.05) is 32.0 Å². The summed E-state index contributed by atoms with van der Waals surface area (Å²) in [6.45, 7) is 11.3. The van der Waals surface area contributed by atoms with Crippen LogP contribution in [-0.4, -0.2) is 23.5 Å². The van der Waals surface area contributed by atoms with Crippen LogP contribution in [0.1, 0.15) is 77.9 Å². The fraction of sp³-hybridized carbons (Fsp3) is 0.400. The Bertz CT molecular complexity index is 1260. The van der Waals surface area contributed by atoms with E-state index in [2.05, 4.69) is 26.1 Å². The van der Waals surface area contributed by atoms with Gasteiger partial charge in [0, 0.05) is 23.9 Å². The Morgan fingerprint density at radius 3 is 2.13 bits per heavy atom. The van der Waals surface area contributed by atoms with E-state index in [9.17, 15) is 18.4 Å². The Hall–Kier alpha value is -3.26. The topological polar surface area (TPSA) is 75.6 Å². The number of hydrogen-bond donors (Lipinski definition) is 2. The summed E-state index contributed by atoms with van der Waals surface area (Å²) in [4.78, 5) is 24.6. The Labute approximate surface area is 226 Å². The summed E-state index contributed by atoms with van der Waals surface area (Å²) in [5, 5.41) is 11.4. The first-order chi connectivity index (χ1) is 17.6. The number of rotatable bonds is 10. The third kappa shape index (κ3) is 7.87. The molecule has 1 unspecified atom stereocenters. The number of hydrogen-bond acceptors (Lipinski definition) is 4. The summed E-state index contributed by atoms with van der Waals surface area (Å²) >= 11 is 1.33. The van der Waals surface area contributed by atoms with Crippen molar-refractivity contribution in [1.82, 2.24) is 5.32 Å². The Morgan fingerprint density at radius 1 is 1.00 bits per heavy atom. The van der Waals surface area contributed by atoms with Gasteiger partial charge >= 0.3 is 5.97 Å². The van der Waals surface area contributed by atoms with Crippen molar-refractivity contribution in [2.24, 2.45) is 5.41 Å². The Morgan fingerprint density at radius 2 is 1.61 bits per heavy atom. The van der Waals surface area contributed by atoms with Gasteiger partial charge < -0.3 is 15.2 Å². The molecule has 38 heavy (non-hydrogen) atoms. The molecule has 3 rings (SSSR count). The largest absolute Gasteiger partial charge is 0.485 e. The van der Waals surface area contributed by atoms with Gasteiger partial charge in [0.05, 0.1) is 11.3 Å². The van der Waals surface area contributed by atoms with E-state index in [0.717, 1.165) is 34.1 Å². The van der Waals surface area contributed by atoms with Gasteiger partial charge in [-0.05, 0) is 72.2 Å². The molecule has 0 aliphatic carbocycles. The van der Waals surface area contributed by atoms with Gasteiger partial charge in [-0.1, -0.05) is 45.0 Å². The SMILES string of the molecule is Cc1cc(OC(CC(C)(C)C)c2ccc(C(=O)NCCC(=O)O)s2)cc(C)c1-c1ccc(C(C)(F)F)cc1. The molecule has 2 aromatic carbocycles. The molecule has 1 amide bonds. The minimum atomic E-state index is -2.89. The zero-order valence-electron chi connectivity index (χ0n) is 22.7. The summed E-state index contributed by atoms with van der Waals surface area (Å²) < 4.78 is 33.8. The van der Waals surface area contributed by atoms with Crippen molar-refractivity contribution in [2.45, 2.75) is 66.4 Å². The first kappa shape index (κ1) is 29.3. The monoisotopic (exact) mass is 543 g/mol. The number of alkyl halides is 2. The molecular formula is C30H35F2NO4S. The van der Waals surface area contributed by atoms with Crippen LogP contribution in [0.25, 0.3) is 11.1 Å². The smallest absolute Gasteiger partial charge is 0.305 e. The third-order valence-corrected chi connectivity index (χ3v) is 7.23. The number of carboxylic acid groups (broad SMARTS) is 1. The number of nitrogens with one attached hydrogen (secondary N) is 1. The molecule has 1 heterocycles. The standard InChI is InChI=1S/C30H35F2NO4S/c1-18-15-22(16-19(2)27(18)20-7-9-21(10-8-20)30(6,31)32)37-23(17-29(3,4)5)24-11-12-25(38-24)28(36)33-14-13-26(34)35/h7-12,15-16,23H,13-14,17H2,1-6H3,(H,33,36)(H,34,35). The minimum absolute atomic E-state index is 0.0209. The average Bonchev–Trinajstić information content (AvgIpc) is 3.27. The molecule has 204 valence electrons. The molecule has 0 radical (unpaired) electrons. The van der Waals surface area contributed by atoms with Gasteiger partial charge in [0.1, 0.15) is 11.9 Å². The van der Waals surface area contributed by atoms with Gasteiger partial charge in [0.2, 0.25) is 0 Å². The summed E-state index contributed by atoms with van der Waals surface area (Å²) in [5.74, 6) is -3.47. The van der Waals surface area contributed by atoms with Crippen molar-refractivity contribution in [2.75, 3.05) is 6.54 Å². The van der Waals surface area contributed by atoms with Gasteiger partial charge in [-0.3, -0.25) is 9.59 Å². The molecule has 0 saturated carbocycles.